The first-order valence-corrected chi connectivity index (χ1v) is 9.02. The van der Waals surface area contributed by atoms with Crippen molar-refractivity contribution in [2.24, 2.45) is 0 Å². The maximum absolute atomic E-state index is 12.9. The van der Waals surface area contributed by atoms with E-state index in [9.17, 15) is 9.59 Å². The summed E-state index contributed by atoms with van der Waals surface area (Å²) in [7, 11) is 1.93. The minimum Gasteiger partial charge on any atom is -0.337 e. The number of benzene rings is 2. The third-order valence-electron chi connectivity index (χ3n) is 4.89. The number of halogens is 1. The van der Waals surface area contributed by atoms with Crippen LogP contribution in [0, 0.1) is 6.92 Å². The summed E-state index contributed by atoms with van der Waals surface area (Å²) in [6.07, 6.45) is 2.09. The number of nitrogens with one attached hydrogen (secondary N) is 2. The Morgan fingerprint density at radius 2 is 1.81 bits per heavy atom. The third kappa shape index (κ3) is 5.08. The van der Waals surface area contributed by atoms with E-state index in [1.54, 1.807) is 18.2 Å². The average molecular weight is 388 g/mol. The van der Waals surface area contributed by atoms with Crippen molar-refractivity contribution in [3.8, 4) is 0 Å². The predicted octanol–water partition coefficient (Wildman–Crippen LogP) is 3.49. The monoisotopic (exact) mass is 387 g/mol. The molecule has 0 aliphatic carbocycles. The molecule has 1 fully saturated rings. The van der Waals surface area contributed by atoms with E-state index in [1.807, 2.05) is 49.2 Å². The Labute approximate surface area is 166 Å². The number of nitrogens with zero attached hydrogens (tertiary/aromatic N) is 1. The second-order valence-electron chi connectivity index (χ2n) is 6.73. The van der Waals surface area contributed by atoms with Gasteiger partial charge >= 0.3 is 0 Å². The van der Waals surface area contributed by atoms with Crippen LogP contribution in [0.2, 0.25) is 0 Å². The molecule has 2 aromatic rings. The molecule has 0 bridgehead atoms. The molecule has 0 saturated carbocycles. The molecule has 1 aliphatic rings. The molecular formula is C21H26ClN3O2. The van der Waals surface area contributed by atoms with Gasteiger partial charge in [0.05, 0.1) is 0 Å². The van der Waals surface area contributed by atoms with Crippen molar-refractivity contribution in [3.05, 3.63) is 65.2 Å². The lowest BCUT2D eigenvalue weighted by Gasteiger charge is -2.32. The van der Waals surface area contributed by atoms with Crippen LogP contribution in [0.5, 0.6) is 0 Å². The maximum atomic E-state index is 12.9. The number of piperidine rings is 1. The van der Waals surface area contributed by atoms with Crippen molar-refractivity contribution < 1.29 is 9.59 Å². The van der Waals surface area contributed by atoms with Crippen molar-refractivity contribution in [2.45, 2.75) is 25.8 Å². The van der Waals surface area contributed by atoms with Gasteiger partial charge in [0.25, 0.3) is 11.8 Å². The van der Waals surface area contributed by atoms with Crippen LogP contribution < -0.4 is 10.6 Å². The molecule has 27 heavy (non-hydrogen) atoms. The molecule has 1 saturated heterocycles. The lowest BCUT2D eigenvalue weighted by Crippen LogP contribution is -2.46. The number of likely N-dealkylation sites (tertiary alicyclic amines) is 1. The Morgan fingerprint density at radius 1 is 1.07 bits per heavy atom. The zero-order valence-corrected chi connectivity index (χ0v) is 16.5. The Balaban J connectivity index is 0.00000261. The molecule has 1 aliphatic heterocycles. The van der Waals surface area contributed by atoms with Crippen LogP contribution in [0.15, 0.2) is 48.5 Å². The third-order valence-corrected chi connectivity index (χ3v) is 4.89. The van der Waals surface area contributed by atoms with Gasteiger partial charge in [-0.3, -0.25) is 9.59 Å². The van der Waals surface area contributed by atoms with Crippen molar-refractivity contribution in [1.82, 2.24) is 10.2 Å². The SMILES string of the molecule is CNC1CCCN(C(=O)c2ccc(C)c(NC(=O)c3ccccc3)c2)C1.Cl. The van der Waals surface area contributed by atoms with Gasteiger partial charge in [-0.25, -0.2) is 0 Å². The average Bonchev–Trinajstić information content (AvgIpc) is 2.69. The van der Waals surface area contributed by atoms with Crippen LogP contribution in [0.4, 0.5) is 5.69 Å². The van der Waals surface area contributed by atoms with Crippen molar-refractivity contribution in [3.63, 3.8) is 0 Å². The molecule has 0 aromatic heterocycles. The summed E-state index contributed by atoms with van der Waals surface area (Å²) in [4.78, 5) is 27.2. The predicted molar refractivity (Wildman–Crippen MR) is 111 cm³/mol. The largest absolute Gasteiger partial charge is 0.337 e. The Morgan fingerprint density at radius 3 is 2.52 bits per heavy atom. The molecule has 1 atom stereocenters. The van der Waals surface area contributed by atoms with Crippen LogP contribution >= 0.6 is 12.4 Å². The fourth-order valence-corrected chi connectivity index (χ4v) is 3.25. The van der Waals surface area contributed by atoms with Crippen LogP contribution in [0.3, 0.4) is 0 Å². The number of hydrogen-bond acceptors (Lipinski definition) is 3. The van der Waals surface area contributed by atoms with Crippen LogP contribution in [0.1, 0.15) is 39.1 Å². The molecule has 2 amide bonds. The van der Waals surface area contributed by atoms with Gasteiger partial charge in [0.2, 0.25) is 0 Å². The maximum Gasteiger partial charge on any atom is 0.255 e. The van der Waals surface area contributed by atoms with E-state index >= 15 is 0 Å². The topological polar surface area (TPSA) is 61.4 Å². The molecule has 144 valence electrons. The first-order valence-electron chi connectivity index (χ1n) is 9.02. The highest BCUT2D eigenvalue weighted by Crippen LogP contribution is 2.21. The smallest absolute Gasteiger partial charge is 0.255 e. The Kier molecular flexibility index (Phi) is 7.39. The number of amides is 2. The van der Waals surface area contributed by atoms with Gasteiger partial charge in [0.15, 0.2) is 0 Å². The summed E-state index contributed by atoms with van der Waals surface area (Å²) in [6.45, 7) is 3.41. The second-order valence-corrected chi connectivity index (χ2v) is 6.73. The molecule has 6 heteroatoms. The molecule has 0 spiro atoms. The van der Waals surface area contributed by atoms with Crippen molar-refractivity contribution in [1.29, 1.82) is 0 Å². The van der Waals surface area contributed by atoms with Gasteiger partial charge in [-0.15, -0.1) is 12.4 Å². The highest BCUT2D eigenvalue weighted by Gasteiger charge is 2.24. The van der Waals surface area contributed by atoms with Gasteiger partial charge in [0.1, 0.15) is 0 Å². The van der Waals surface area contributed by atoms with Crippen LogP contribution in [-0.2, 0) is 0 Å². The zero-order chi connectivity index (χ0) is 18.5. The molecule has 5 nitrogen and oxygen atoms in total. The molecule has 1 heterocycles. The first kappa shape index (κ1) is 20.9. The summed E-state index contributed by atoms with van der Waals surface area (Å²) in [5, 5.41) is 6.18. The van der Waals surface area contributed by atoms with E-state index in [1.165, 1.54) is 0 Å². The molecule has 1 unspecified atom stereocenters. The number of carbonyl (C=O) groups is 2. The van der Waals surface area contributed by atoms with Crippen molar-refractivity contribution >= 4 is 29.9 Å². The lowest BCUT2D eigenvalue weighted by atomic mass is 10.0. The van der Waals surface area contributed by atoms with E-state index < -0.39 is 0 Å². The highest BCUT2D eigenvalue weighted by molar-refractivity contribution is 6.05. The van der Waals surface area contributed by atoms with Gasteiger partial charge < -0.3 is 15.5 Å². The summed E-state index contributed by atoms with van der Waals surface area (Å²) in [5.74, 6) is -0.160. The normalized spacial score (nSPS) is 16.4. The van der Waals surface area contributed by atoms with Gasteiger partial charge in [0, 0.05) is 35.9 Å². The fourth-order valence-electron chi connectivity index (χ4n) is 3.25. The summed E-state index contributed by atoms with van der Waals surface area (Å²) >= 11 is 0. The zero-order valence-electron chi connectivity index (χ0n) is 15.7. The van der Waals surface area contributed by atoms with Gasteiger partial charge in [-0.05, 0) is 56.6 Å². The molecule has 3 rings (SSSR count). The number of likely N-dealkylation sites (N-methyl/N-ethyl adjacent to an activating group) is 1. The van der Waals surface area contributed by atoms with Gasteiger partial charge in [-0.2, -0.15) is 0 Å². The van der Waals surface area contributed by atoms with E-state index in [4.69, 9.17) is 0 Å². The number of rotatable bonds is 4. The fraction of sp³-hybridized carbons (Fsp3) is 0.333. The number of aryl methyl sites for hydroxylation is 1. The van der Waals surface area contributed by atoms with Gasteiger partial charge in [-0.1, -0.05) is 24.3 Å². The molecule has 2 aromatic carbocycles. The first-order chi connectivity index (χ1) is 12.6. The summed E-state index contributed by atoms with van der Waals surface area (Å²) in [6, 6.07) is 14.9. The minimum absolute atomic E-state index is 0. The Hall–Kier alpha value is -2.37. The van der Waals surface area contributed by atoms with Crippen LogP contribution in [-0.4, -0.2) is 42.9 Å². The van der Waals surface area contributed by atoms with E-state index in [-0.39, 0.29) is 24.2 Å². The molecule has 0 radical (unpaired) electrons. The van der Waals surface area contributed by atoms with E-state index in [2.05, 4.69) is 10.6 Å². The number of carbonyl (C=O) groups excluding carboxylic acids is 2. The lowest BCUT2D eigenvalue weighted by molar-refractivity contribution is 0.0698. The van der Waals surface area contributed by atoms with Crippen molar-refractivity contribution in [2.75, 3.05) is 25.5 Å². The quantitative estimate of drug-likeness (QED) is 0.844. The van der Waals surface area contributed by atoms with E-state index in [0.29, 0.717) is 22.9 Å². The number of anilines is 1. The van der Waals surface area contributed by atoms with Crippen LogP contribution in [0.25, 0.3) is 0 Å². The second kappa shape index (κ2) is 9.53. The summed E-state index contributed by atoms with van der Waals surface area (Å²) < 4.78 is 0. The summed E-state index contributed by atoms with van der Waals surface area (Å²) in [5.41, 5.74) is 2.80. The van der Waals surface area contributed by atoms with E-state index in [0.717, 1.165) is 31.5 Å². The number of hydrogen-bond donors (Lipinski definition) is 2. The minimum atomic E-state index is -0.175. The highest BCUT2D eigenvalue weighted by atomic mass is 35.5. The molecule has 2 N–H and O–H groups in total. The molecular weight excluding hydrogens is 362 g/mol. The Bertz CT molecular complexity index is 795. The standard InChI is InChI=1S/C21H25N3O2.ClH/c1-15-10-11-17(21(26)24-12-6-9-18(14-24)22-2)13-19(15)23-20(25)16-7-4-3-5-8-16;/h3-5,7-8,10-11,13,18,22H,6,9,12,14H2,1-2H3,(H,23,25);1H.